The van der Waals surface area contributed by atoms with Gasteiger partial charge >= 0.3 is 12.0 Å². The van der Waals surface area contributed by atoms with Crippen LogP contribution in [-0.4, -0.2) is 40.1 Å². The number of amides is 2. The summed E-state index contributed by atoms with van der Waals surface area (Å²) in [4.78, 5) is 28.3. The van der Waals surface area contributed by atoms with E-state index >= 15 is 0 Å². The van der Waals surface area contributed by atoms with E-state index in [0.29, 0.717) is 5.69 Å². The summed E-state index contributed by atoms with van der Waals surface area (Å²) in [6.07, 6.45) is 1.59. The molecule has 0 aliphatic carbocycles. The van der Waals surface area contributed by atoms with Crippen LogP contribution in [0.3, 0.4) is 0 Å². The van der Waals surface area contributed by atoms with E-state index < -0.39 is 11.9 Å². The average molecular weight is 271 g/mol. The maximum absolute atomic E-state index is 11.9. The van der Waals surface area contributed by atoms with Crippen molar-refractivity contribution in [2.24, 2.45) is 5.92 Å². The van der Waals surface area contributed by atoms with E-state index in [1.54, 1.807) is 6.20 Å². The maximum atomic E-state index is 11.9. The summed E-state index contributed by atoms with van der Waals surface area (Å²) in [7, 11) is 0. The van der Waals surface area contributed by atoms with Crippen molar-refractivity contribution in [1.82, 2.24) is 9.88 Å². The predicted molar refractivity (Wildman–Crippen MR) is 73.5 cm³/mol. The largest absolute Gasteiger partial charge is 0.481 e. The van der Waals surface area contributed by atoms with Crippen molar-refractivity contribution in [3.63, 3.8) is 0 Å². The van der Waals surface area contributed by atoms with Gasteiger partial charge in [-0.1, -0.05) is 18.2 Å². The van der Waals surface area contributed by atoms with Crippen LogP contribution in [0.1, 0.15) is 0 Å². The molecule has 0 spiro atoms. The molecule has 6 nitrogen and oxygen atoms in total. The van der Waals surface area contributed by atoms with Crippen molar-refractivity contribution >= 4 is 28.6 Å². The molecule has 1 fully saturated rings. The number of aliphatic carboxylic acids is 1. The molecular formula is C14H13N3O3. The van der Waals surface area contributed by atoms with Gasteiger partial charge in [0, 0.05) is 18.5 Å². The second-order valence-corrected chi connectivity index (χ2v) is 4.79. The van der Waals surface area contributed by atoms with Gasteiger partial charge in [-0.2, -0.15) is 0 Å². The Hall–Kier alpha value is -2.63. The molecule has 2 heterocycles. The maximum Gasteiger partial charge on any atom is 0.321 e. The number of aromatic nitrogens is 1. The quantitative estimate of drug-likeness (QED) is 0.872. The van der Waals surface area contributed by atoms with Gasteiger partial charge in [0.25, 0.3) is 0 Å². The van der Waals surface area contributed by atoms with E-state index in [9.17, 15) is 9.59 Å². The fourth-order valence-corrected chi connectivity index (χ4v) is 2.14. The monoisotopic (exact) mass is 271 g/mol. The third-order valence-corrected chi connectivity index (χ3v) is 3.36. The Morgan fingerprint density at radius 1 is 1.30 bits per heavy atom. The normalized spacial score (nSPS) is 14.9. The summed E-state index contributed by atoms with van der Waals surface area (Å²) < 4.78 is 0. The van der Waals surface area contributed by atoms with E-state index in [-0.39, 0.29) is 19.1 Å². The lowest BCUT2D eigenvalue weighted by Gasteiger charge is -2.36. The molecule has 1 aromatic heterocycles. The minimum absolute atomic E-state index is 0.252. The Bertz CT molecular complexity index is 680. The van der Waals surface area contributed by atoms with Crippen molar-refractivity contribution in [3.05, 3.63) is 36.5 Å². The van der Waals surface area contributed by atoms with E-state index in [2.05, 4.69) is 10.3 Å². The molecule has 1 saturated heterocycles. The molecule has 0 bridgehead atoms. The molecule has 0 saturated carbocycles. The summed E-state index contributed by atoms with van der Waals surface area (Å²) in [5, 5.41) is 12.4. The zero-order valence-electron chi connectivity index (χ0n) is 10.6. The molecule has 0 radical (unpaired) electrons. The molecule has 2 aromatic rings. The number of rotatable bonds is 2. The molecule has 0 unspecified atom stereocenters. The molecule has 1 aliphatic rings. The third kappa shape index (κ3) is 2.27. The van der Waals surface area contributed by atoms with Crippen LogP contribution in [0.2, 0.25) is 0 Å². The fraction of sp³-hybridized carbons (Fsp3) is 0.214. The van der Waals surface area contributed by atoms with Crippen LogP contribution in [-0.2, 0) is 4.79 Å². The number of nitrogens with one attached hydrogen (secondary N) is 1. The third-order valence-electron chi connectivity index (χ3n) is 3.36. The summed E-state index contributed by atoms with van der Waals surface area (Å²) in [5.41, 5.74) is 1.47. The first kappa shape index (κ1) is 12.4. The van der Waals surface area contributed by atoms with Gasteiger partial charge < -0.3 is 15.3 Å². The van der Waals surface area contributed by atoms with E-state index in [4.69, 9.17) is 5.11 Å². The number of hydrogen-bond donors (Lipinski definition) is 2. The Labute approximate surface area is 115 Å². The zero-order valence-corrected chi connectivity index (χ0v) is 10.6. The number of carboxylic acid groups (broad SMARTS) is 1. The summed E-state index contributed by atoms with van der Waals surface area (Å²) >= 11 is 0. The topological polar surface area (TPSA) is 82.5 Å². The molecule has 3 rings (SSSR count). The van der Waals surface area contributed by atoms with Gasteiger partial charge in [0.05, 0.1) is 23.3 Å². The number of carbonyl (C=O) groups is 2. The highest BCUT2D eigenvalue weighted by Crippen LogP contribution is 2.19. The Balaban J connectivity index is 1.67. The molecule has 0 atom stereocenters. The Kier molecular flexibility index (Phi) is 2.98. The lowest BCUT2D eigenvalue weighted by molar-refractivity contribution is -0.145. The van der Waals surface area contributed by atoms with Gasteiger partial charge in [-0.05, 0) is 12.1 Å². The first-order valence-corrected chi connectivity index (χ1v) is 6.27. The van der Waals surface area contributed by atoms with Gasteiger partial charge in [-0.25, -0.2) is 4.79 Å². The van der Waals surface area contributed by atoms with Gasteiger partial charge in [-0.15, -0.1) is 0 Å². The molecule has 2 amide bonds. The van der Waals surface area contributed by atoms with Crippen molar-refractivity contribution < 1.29 is 14.7 Å². The SMILES string of the molecule is O=C(O)C1CN(C(=O)Nc2cnc3ccccc3c2)C1. The minimum atomic E-state index is -0.860. The van der Waals surface area contributed by atoms with Crippen LogP contribution >= 0.6 is 0 Å². The lowest BCUT2D eigenvalue weighted by Crippen LogP contribution is -2.54. The number of nitrogens with zero attached hydrogens (tertiary/aromatic N) is 2. The molecular weight excluding hydrogens is 258 g/mol. The molecule has 6 heteroatoms. The van der Waals surface area contributed by atoms with E-state index in [1.807, 2.05) is 30.3 Å². The first-order chi connectivity index (χ1) is 9.63. The zero-order chi connectivity index (χ0) is 14.1. The Morgan fingerprint density at radius 3 is 2.80 bits per heavy atom. The van der Waals surface area contributed by atoms with Gasteiger partial charge in [0.15, 0.2) is 0 Å². The number of likely N-dealkylation sites (tertiary alicyclic amines) is 1. The molecule has 1 aliphatic heterocycles. The smallest absolute Gasteiger partial charge is 0.321 e. The molecule has 20 heavy (non-hydrogen) atoms. The van der Waals surface area contributed by atoms with Crippen molar-refractivity contribution in [1.29, 1.82) is 0 Å². The van der Waals surface area contributed by atoms with Gasteiger partial charge in [-0.3, -0.25) is 9.78 Å². The van der Waals surface area contributed by atoms with Crippen molar-refractivity contribution in [3.8, 4) is 0 Å². The number of para-hydroxylation sites is 1. The lowest BCUT2D eigenvalue weighted by atomic mass is 10.0. The number of pyridine rings is 1. The number of benzene rings is 1. The number of anilines is 1. The number of carbonyl (C=O) groups excluding carboxylic acids is 1. The number of hydrogen-bond acceptors (Lipinski definition) is 3. The highest BCUT2D eigenvalue weighted by molar-refractivity contribution is 5.93. The van der Waals surface area contributed by atoms with Crippen LogP contribution in [0.25, 0.3) is 10.9 Å². The minimum Gasteiger partial charge on any atom is -0.481 e. The van der Waals surface area contributed by atoms with Gasteiger partial charge in [0.2, 0.25) is 0 Å². The van der Waals surface area contributed by atoms with Crippen LogP contribution in [0.4, 0.5) is 10.5 Å². The highest BCUT2D eigenvalue weighted by Gasteiger charge is 2.35. The second-order valence-electron chi connectivity index (χ2n) is 4.79. The van der Waals surface area contributed by atoms with Crippen LogP contribution in [0, 0.1) is 5.92 Å². The standard InChI is InChI=1S/C14H13N3O3/c18-13(19)10-7-17(8-10)14(20)16-11-5-9-3-1-2-4-12(9)15-6-11/h1-6,10H,7-8H2,(H,16,20)(H,18,19). The number of carboxylic acids is 1. The summed E-state index contributed by atoms with van der Waals surface area (Å²) in [6.45, 7) is 0.504. The summed E-state index contributed by atoms with van der Waals surface area (Å²) in [5.74, 6) is -1.31. The predicted octanol–water partition coefficient (Wildman–Crippen LogP) is 1.78. The molecule has 1 aromatic carbocycles. The summed E-state index contributed by atoms with van der Waals surface area (Å²) in [6, 6.07) is 9.17. The van der Waals surface area contributed by atoms with Crippen LogP contribution in [0.5, 0.6) is 0 Å². The molecule has 2 N–H and O–H groups in total. The number of urea groups is 1. The molecule has 102 valence electrons. The van der Waals surface area contributed by atoms with E-state index in [0.717, 1.165) is 10.9 Å². The van der Waals surface area contributed by atoms with Gasteiger partial charge in [0.1, 0.15) is 0 Å². The highest BCUT2D eigenvalue weighted by atomic mass is 16.4. The van der Waals surface area contributed by atoms with Crippen molar-refractivity contribution in [2.45, 2.75) is 0 Å². The first-order valence-electron chi connectivity index (χ1n) is 6.27. The van der Waals surface area contributed by atoms with Crippen LogP contribution < -0.4 is 5.32 Å². The fourth-order valence-electron chi connectivity index (χ4n) is 2.14. The number of fused-ring (bicyclic) bond motifs is 1. The Morgan fingerprint density at radius 2 is 2.05 bits per heavy atom. The second kappa shape index (κ2) is 4.80. The average Bonchev–Trinajstić information content (AvgIpc) is 2.36. The van der Waals surface area contributed by atoms with Crippen LogP contribution in [0.15, 0.2) is 36.5 Å². The van der Waals surface area contributed by atoms with Crippen molar-refractivity contribution in [2.75, 3.05) is 18.4 Å². The van der Waals surface area contributed by atoms with E-state index in [1.165, 1.54) is 4.90 Å².